The second kappa shape index (κ2) is 7.67. The van der Waals surface area contributed by atoms with Crippen LogP contribution in [0.25, 0.3) is 5.65 Å². The van der Waals surface area contributed by atoms with Crippen LogP contribution in [-0.2, 0) is 20.9 Å². The number of carbonyl (C=O) groups is 2. The van der Waals surface area contributed by atoms with Gasteiger partial charge in [0.15, 0.2) is 0 Å². The van der Waals surface area contributed by atoms with E-state index in [0.717, 1.165) is 5.56 Å². The molecule has 3 heterocycles. The zero-order chi connectivity index (χ0) is 20.4. The summed E-state index contributed by atoms with van der Waals surface area (Å²) in [5.41, 5.74) is 2.25. The molecule has 1 amide bonds. The number of esters is 1. The Morgan fingerprint density at radius 3 is 2.69 bits per heavy atom. The maximum absolute atomic E-state index is 12.4. The van der Waals surface area contributed by atoms with Gasteiger partial charge in [0.05, 0.1) is 11.4 Å². The molecule has 3 aromatic rings. The number of carbonyl (C=O) groups excluding carboxylic acids is 2. The summed E-state index contributed by atoms with van der Waals surface area (Å²) >= 11 is 0. The van der Waals surface area contributed by atoms with Gasteiger partial charge in [0.25, 0.3) is 5.56 Å². The number of para-hydroxylation sites is 1. The van der Waals surface area contributed by atoms with Crippen molar-refractivity contribution in [3.05, 3.63) is 76.3 Å². The van der Waals surface area contributed by atoms with Gasteiger partial charge in [-0.3, -0.25) is 14.0 Å². The number of amides is 1. The molecule has 1 aromatic carbocycles. The van der Waals surface area contributed by atoms with E-state index < -0.39 is 5.97 Å². The Labute approximate surface area is 166 Å². The molecule has 1 aliphatic rings. The maximum Gasteiger partial charge on any atom is 0.354 e. The number of hydrogen-bond donors (Lipinski definition) is 0. The van der Waals surface area contributed by atoms with Crippen LogP contribution in [0.2, 0.25) is 0 Å². The number of fused-ring (bicyclic) bond motifs is 1. The average molecular weight is 390 g/mol. The summed E-state index contributed by atoms with van der Waals surface area (Å²) in [6.07, 6.45) is 2.07. The van der Waals surface area contributed by atoms with Gasteiger partial charge in [0.1, 0.15) is 18.0 Å². The summed E-state index contributed by atoms with van der Waals surface area (Å²) in [6, 6.07) is 13.8. The Balaban J connectivity index is 1.51. The smallest absolute Gasteiger partial charge is 0.354 e. The molecule has 2 aromatic heterocycles. The van der Waals surface area contributed by atoms with Gasteiger partial charge < -0.3 is 4.74 Å². The molecule has 0 atom stereocenters. The van der Waals surface area contributed by atoms with E-state index in [9.17, 15) is 14.4 Å². The van der Waals surface area contributed by atoms with E-state index in [-0.39, 0.29) is 36.6 Å². The number of aromatic nitrogens is 2. The van der Waals surface area contributed by atoms with Crippen molar-refractivity contribution in [3.8, 4) is 0 Å². The topological polar surface area (TPSA) is 93.3 Å². The number of hydrogen-bond acceptors (Lipinski definition) is 6. The third kappa shape index (κ3) is 3.91. The predicted octanol–water partition coefficient (Wildman–Crippen LogP) is 2.23. The maximum atomic E-state index is 12.4. The Morgan fingerprint density at radius 2 is 1.90 bits per heavy atom. The van der Waals surface area contributed by atoms with E-state index in [4.69, 9.17) is 4.74 Å². The van der Waals surface area contributed by atoms with Crippen LogP contribution < -0.4 is 10.6 Å². The van der Waals surface area contributed by atoms with E-state index in [2.05, 4.69) is 10.1 Å². The molecule has 0 aliphatic carbocycles. The first-order chi connectivity index (χ1) is 14.0. The first-order valence-corrected chi connectivity index (χ1v) is 9.13. The first-order valence-electron chi connectivity index (χ1n) is 9.13. The molecular formula is C21H18N4O4. The highest BCUT2D eigenvalue weighted by Gasteiger charge is 2.26. The van der Waals surface area contributed by atoms with Gasteiger partial charge >= 0.3 is 5.97 Å². The third-order valence-electron chi connectivity index (χ3n) is 4.48. The quantitative estimate of drug-likeness (QED) is 0.637. The Hall–Kier alpha value is -3.81. The zero-order valence-electron chi connectivity index (χ0n) is 15.7. The van der Waals surface area contributed by atoms with Crippen LogP contribution in [0.5, 0.6) is 0 Å². The van der Waals surface area contributed by atoms with Crippen LogP contribution in [0.4, 0.5) is 5.69 Å². The fourth-order valence-electron chi connectivity index (χ4n) is 3.03. The summed E-state index contributed by atoms with van der Waals surface area (Å²) in [6.45, 7) is 1.73. The van der Waals surface area contributed by atoms with Gasteiger partial charge in [0, 0.05) is 25.1 Å². The monoisotopic (exact) mass is 390 g/mol. The number of benzene rings is 1. The van der Waals surface area contributed by atoms with Crippen molar-refractivity contribution < 1.29 is 14.3 Å². The predicted molar refractivity (Wildman–Crippen MR) is 107 cm³/mol. The van der Waals surface area contributed by atoms with Crippen LogP contribution in [0.15, 0.2) is 64.6 Å². The lowest BCUT2D eigenvalue weighted by Crippen LogP contribution is -2.35. The highest BCUT2D eigenvalue weighted by molar-refractivity contribution is 6.37. The van der Waals surface area contributed by atoms with Crippen LogP contribution in [0.1, 0.15) is 24.1 Å². The molecule has 29 heavy (non-hydrogen) atoms. The Morgan fingerprint density at radius 1 is 1.10 bits per heavy atom. The summed E-state index contributed by atoms with van der Waals surface area (Å²) in [5, 5.41) is 5.37. The number of nitrogens with zero attached hydrogens (tertiary/aromatic N) is 4. The lowest BCUT2D eigenvalue weighted by atomic mass is 10.1. The fourth-order valence-corrected chi connectivity index (χ4v) is 3.03. The molecule has 0 saturated carbocycles. The molecule has 146 valence electrons. The van der Waals surface area contributed by atoms with Gasteiger partial charge in [-0.25, -0.2) is 14.8 Å². The number of aryl methyl sites for hydroxylation is 1. The number of rotatable bonds is 4. The largest absolute Gasteiger partial charge is 0.455 e. The Bertz CT molecular complexity index is 1180. The lowest BCUT2D eigenvalue weighted by molar-refractivity contribution is -0.137. The fraction of sp³-hybridized carbons (Fsp3) is 0.190. The molecule has 0 N–H and O–H groups in total. The van der Waals surface area contributed by atoms with Crippen molar-refractivity contribution >= 4 is 28.9 Å². The van der Waals surface area contributed by atoms with E-state index in [1.807, 2.05) is 19.1 Å². The van der Waals surface area contributed by atoms with Gasteiger partial charge in [-0.15, -0.1) is 0 Å². The van der Waals surface area contributed by atoms with Gasteiger partial charge in [0.2, 0.25) is 5.91 Å². The standard InChI is InChI=1S/C21H18N4O4/c1-14-7-9-18-22-15(11-20(27)24(18)12-14)13-29-21(28)17-8-10-19(26)25(23-17)16-5-3-2-4-6-16/h2-7,9,11-12H,8,10,13H2,1H3. The molecule has 1 aliphatic heterocycles. The van der Waals surface area contributed by atoms with E-state index in [0.29, 0.717) is 17.0 Å². The molecule has 0 radical (unpaired) electrons. The second-order valence-corrected chi connectivity index (χ2v) is 6.68. The molecule has 8 heteroatoms. The van der Waals surface area contributed by atoms with Crippen molar-refractivity contribution in [3.63, 3.8) is 0 Å². The van der Waals surface area contributed by atoms with Crippen LogP contribution >= 0.6 is 0 Å². The Kier molecular flexibility index (Phi) is 4.90. The molecular weight excluding hydrogens is 372 g/mol. The minimum Gasteiger partial charge on any atom is -0.455 e. The van der Waals surface area contributed by atoms with Gasteiger partial charge in [-0.05, 0) is 30.7 Å². The normalized spacial score (nSPS) is 14.0. The number of ether oxygens (including phenoxy) is 1. The highest BCUT2D eigenvalue weighted by Crippen LogP contribution is 2.20. The molecule has 0 spiro atoms. The molecule has 8 nitrogen and oxygen atoms in total. The highest BCUT2D eigenvalue weighted by atomic mass is 16.5. The average Bonchev–Trinajstić information content (AvgIpc) is 2.73. The summed E-state index contributed by atoms with van der Waals surface area (Å²) in [7, 11) is 0. The van der Waals surface area contributed by atoms with Gasteiger partial charge in [-0.2, -0.15) is 5.10 Å². The van der Waals surface area contributed by atoms with E-state index in [1.165, 1.54) is 15.5 Å². The van der Waals surface area contributed by atoms with Crippen molar-refractivity contribution in [2.75, 3.05) is 5.01 Å². The van der Waals surface area contributed by atoms with Crippen LogP contribution in [-0.4, -0.2) is 27.0 Å². The van der Waals surface area contributed by atoms with Crippen molar-refractivity contribution in [2.24, 2.45) is 5.10 Å². The molecule has 0 bridgehead atoms. The minimum absolute atomic E-state index is 0.154. The minimum atomic E-state index is -0.635. The molecule has 0 fully saturated rings. The molecule has 0 unspecified atom stereocenters. The second-order valence-electron chi connectivity index (χ2n) is 6.68. The summed E-state index contributed by atoms with van der Waals surface area (Å²) in [5.74, 6) is -0.823. The SMILES string of the molecule is Cc1ccc2nc(COC(=O)C3=NN(c4ccccc4)C(=O)CC3)cc(=O)n2c1. The van der Waals surface area contributed by atoms with E-state index in [1.54, 1.807) is 36.5 Å². The van der Waals surface area contributed by atoms with Crippen molar-refractivity contribution in [2.45, 2.75) is 26.4 Å². The zero-order valence-corrected chi connectivity index (χ0v) is 15.7. The third-order valence-corrected chi connectivity index (χ3v) is 4.48. The summed E-state index contributed by atoms with van der Waals surface area (Å²) in [4.78, 5) is 41.2. The molecule has 4 rings (SSSR count). The first kappa shape index (κ1) is 18.5. The molecule has 0 saturated heterocycles. The van der Waals surface area contributed by atoms with Gasteiger partial charge in [-0.1, -0.05) is 24.3 Å². The number of pyridine rings is 1. The summed E-state index contributed by atoms with van der Waals surface area (Å²) < 4.78 is 6.74. The van der Waals surface area contributed by atoms with Crippen LogP contribution in [0.3, 0.4) is 0 Å². The number of anilines is 1. The lowest BCUT2D eigenvalue weighted by Gasteiger charge is -2.22. The number of hydrazone groups is 1. The van der Waals surface area contributed by atoms with Crippen molar-refractivity contribution in [1.82, 2.24) is 9.38 Å². The van der Waals surface area contributed by atoms with E-state index >= 15 is 0 Å². The van der Waals surface area contributed by atoms with Crippen molar-refractivity contribution in [1.29, 1.82) is 0 Å². The van der Waals surface area contributed by atoms with Crippen LogP contribution in [0, 0.1) is 6.92 Å².